The number of carbonyl (C=O) groups is 1. The third kappa shape index (κ3) is 4.82. The fourth-order valence-corrected chi connectivity index (χ4v) is 5.32. The van der Waals surface area contributed by atoms with Crippen molar-refractivity contribution < 1.29 is 23.8 Å². The Balaban J connectivity index is 1.36. The third-order valence-electron chi connectivity index (χ3n) is 7.29. The first-order chi connectivity index (χ1) is 19.6. The van der Waals surface area contributed by atoms with Gasteiger partial charge in [-0.15, -0.1) is 0 Å². The van der Waals surface area contributed by atoms with Crippen LogP contribution in [0.15, 0.2) is 71.3 Å². The van der Waals surface area contributed by atoms with Crippen LogP contribution in [0.3, 0.4) is 0 Å². The van der Waals surface area contributed by atoms with Gasteiger partial charge in [0.25, 0.3) is 5.91 Å². The summed E-state index contributed by atoms with van der Waals surface area (Å²) in [6.45, 7) is 2.29. The quantitative estimate of drug-likeness (QED) is 0.224. The number of allylic oxidation sites excluding steroid dienone is 1. The lowest BCUT2D eigenvalue weighted by atomic mass is 10.0. The van der Waals surface area contributed by atoms with Gasteiger partial charge in [-0.3, -0.25) is 4.79 Å². The number of aliphatic hydroxyl groups excluding tert-OH is 1. The third-order valence-corrected chi connectivity index (χ3v) is 7.29. The van der Waals surface area contributed by atoms with Gasteiger partial charge in [-0.25, -0.2) is 4.98 Å². The maximum absolute atomic E-state index is 13.8. The smallest absolute Gasteiger partial charge is 0.252 e. The number of hydrogen-bond donors (Lipinski definition) is 3. The Bertz CT molecular complexity index is 1730. The van der Waals surface area contributed by atoms with E-state index in [4.69, 9.17) is 18.9 Å². The van der Waals surface area contributed by atoms with Crippen LogP contribution >= 0.6 is 0 Å². The number of aliphatic hydroxyl groups is 1. The van der Waals surface area contributed by atoms with Crippen molar-refractivity contribution in [3.63, 3.8) is 0 Å². The Kier molecular flexibility index (Phi) is 7.00. The predicted molar refractivity (Wildman–Crippen MR) is 154 cm³/mol. The number of aryl methyl sites for hydroxylation is 1. The number of hydrogen-bond acceptors (Lipinski definition) is 6. The van der Waals surface area contributed by atoms with Gasteiger partial charge in [-0.05, 0) is 74.2 Å². The lowest BCUT2D eigenvalue weighted by Gasteiger charge is -2.17. The molecule has 204 valence electrons. The highest BCUT2D eigenvalue weighted by Gasteiger charge is 2.24. The topological polar surface area (TPSA) is 110 Å². The maximum Gasteiger partial charge on any atom is 0.252 e. The second-order valence-corrected chi connectivity index (χ2v) is 9.86. The number of nitrogens with zero attached hydrogens (tertiary/aromatic N) is 1. The van der Waals surface area contributed by atoms with Crippen molar-refractivity contribution >= 4 is 33.5 Å². The van der Waals surface area contributed by atoms with E-state index in [0.717, 1.165) is 40.6 Å². The van der Waals surface area contributed by atoms with Crippen LogP contribution in [-0.4, -0.2) is 47.3 Å². The van der Waals surface area contributed by atoms with Crippen LogP contribution in [0, 0.1) is 0 Å². The number of nitrogens with one attached hydrogen (secondary N) is 2. The van der Waals surface area contributed by atoms with E-state index in [0.29, 0.717) is 52.5 Å². The zero-order chi connectivity index (χ0) is 27.6. The molecule has 1 aliphatic rings. The zero-order valence-electron chi connectivity index (χ0n) is 22.5. The number of aromatic amines is 1. The molecule has 8 nitrogen and oxygen atoms in total. The Labute approximate surface area is 231 Å². The largest absolute Gasteiger partial charge is 0.497 e. The summed E-state index contributed by atoms with van der Waals surface area (Å²) in [7, 11) is 1.59. The van der Waals surface area contributed by atoms with Gasteiger partial charge in [0.15, 0.2) is 17.3 Å². The van der Waals surface area contributed by atoms with Crippen LogP contribution in [-0.2, 0) is 17.6 Å². The molecule has 2 aromatic carbocycles. The Morgan fingerprint density at radius 2 is 2.05 bits per heavy atom. The van der Waals surface area contributed by atoms with Gasteiger partial charge in [0.1, 0.15) is 11.4 Å². The van der Waals surface area contributed by atoms with Crippen molar-refractivity contribution in [3.8, 4) is 17.2 Å². The molecule has 8 heteroatoms. The van der Waals surface area contributed by atoms with Crippen molar-refractivity contribution in [2.45, 2.75) is 32.2 Å². The van der Waals surface area contributed by atoms with Crippen molar-refractivity contribution in [3.05, 3.63) is 89.3 Å². The molecule has 0 bridgehead atoms. The summed E-state index contributed by atoms with van der Waals surface area (Å²) in [5.41, 5.74) is 4.70. The number of pyridine rings is 1. The summed E-state index contributed by atoms with van der Waals surface area (Å²) >= 11 is 0. The molecule has 0 unspecified atom stereocenters. The molecule has 6 rings (SSSR count). The summed E-state index contributed by atoms with van der Waals surface area (Å²) in [5.74, 6) is 2.33. The highest BCUT2D eigenvalue weighted by Crippen LogP contribution is 2.35. The fraction of sp³-hybridized carbons (Fsp3) is 0.250. The first-order valence-corrected chi connectivity index (χ1v) is 13.5. The second-order valence-electron chi connectivity index (χ2n) is 9.86. The van der Waals surface area contributed by atoms with Crippen molar-refractivity contribution in [1.29, 1.82) is 0 Å². The van der Waals surface area contributed by atoms with Crippen LogP contribution < -0.4 is 10.1 Å². The molecule has 1 amide bonds. The number of fused-ring (bicyclic) bond motifs is 3. The summed E-state index contributed by atoms with van der Waals surface area (Å²) in [6.07, 6.45) is 6.16. The van der Waals surface area contributed by atoms with Crippen LogP contribution in [0.2, 0.25) is 0 Å². The average Bonchev–Trinajstić information content (AvgIpc) is 3.61. The molecule has 5 aromatic rings. The molecule has 0 saturated heterocycles. The van der Waals surface area contributed by atoms with Crippen LogP contribution in [0.5, 0.6) is 5.75 Å². The normalized spacial score (nSPS) is 13.6. The van der Waals surface area contributed by atoms with E-state index in [1.54, 1.807) is 19.2 Å². The van der Waals surface area contributed by atoms with Gasteiger partial charge in [0.2, 0.25) is 0 Å². The van der Waals surface area contributed by atoms with Crippen LogP contribution in [0.4, 0.5) is 0 Å². The minimum atomic E-state index is -0.487. The van der Waals surface area contributed by atoms with Crippen molar-refractivity contribution in [2.75, 3.05) is 20.3 Å². The number of furan rings is 1. The number of aromatic nitrogens is 2. The fourth-order valence-electron chi connectivity index (χ4n) is 5.32. The molecule has 1 atom stereocenters. The standard InChI is InChI=1S/C32H31N3O5/c1-3-39-29-10-6-7-19-14-30(40-31(19)29)28-16-25(24-15-22(38-2)11-12-27(24)35-28)32(37)34-21(18-36)13-20-17-33-26-9-5-4-8-23(20)26/h4-5,8-12,14-17,21,33,36H,3,6-7,13,18H2,1-2H3,(H,34,37)/t21-/m1/s1. The van der Waals surface area contributed by atoms with E-state index < -0.39 is 6.04 Å². The molecule has 0 saturated carbocycles. The molecular formula is C32H31N3O5. The molecule has 0 radical (unpaired) electrons. The highest BCUT2D eigenvalue weighted by molar-refractivity contribution is 6.07. The second kappa shape index (κ2) is 10.9. The SMILES string of the molecule is CCOC1=CCCc2cc(-c3cc(C(=O)N[C@@H](CO)Cc4c[nH]c5ccccc45)c4cc(OC)ccc4n3)oc21. The Morgan fingerprint density at radius 3 is 2.88 bits per heavy atom. The molecule has 0 aliphatic heterocycles. The average molecular weight is 538 g/mol. The zero-order valence-corrected chi connectivity index (χ0v) is 22.5. The Morgan fingerprint density at radius 1 is 1.18 bits per heavy atom. The highest BCUT2D eigenvalue weighted by atomic mass is 16.5. The maximum atomic E-state index is 13.8. The van der Waals surface area contributed by atoms with Gasteiger partial charge in [-0.1, -0.05) is 18.2 Å². The molecule has 1 aliphatic carbocycles. The van der Waals surface area contributed by atoms with E-state index in [-0.39, 0.29) is 12.5 Å². The molecule has 3 aromatic heterocycles. The minimum Gasteiger partial charge on any atom is -0.497 e. The lowest BCUT2D eigenvalue weighted by Crippen LogP contribution is -2.39. The van der Waals surface area contributed by atoms with Gasteiger partial charge >= 0.3 is 0 Å². The van der Waals surface area contributed by atoms with Gasteiger partial charge in [0, 0.05) is 28.0 Å². The summed E-state index contributed by atoms with van der Waals surface area (Å²) in [5, 5.41) is 14.9. The van der Waals surface area contributed by atoms with E-state index in [2.05, 4.69) is 10.3 Å². The van der Waals surface area contributed by atoms with Gasteiger partial charge < -0.3 is 29.3 Å². The van der Waals surface area contributed by atoms with Gasteiger partial charge in [-0.2, -0.15) is 0 Å². The minimum absolute atomic E-state index is 0.206. The first-order valence-electron chi connectivity index (χ1n) is 13.5. The summed E-state index contributed by atoms with van der Waals surface area (Å²) in [6, 6.07) is 16.7. The van der Waals surface area contributed by atoms with Crippen LogP contribution in [0.25, 0.3) is 39.0 Å². The monoisotopic (exact) mass is 537 g/mol. The number of rotatable bonds is 9. The number of H-pyrrole nitrogens is 1. The molecular weight excluding hydrogens is 506 g/mol. The lowest BCUT2D eigenvalue weighted by molar-refractivity contribution is 0.0918. The van der Waals surface area contributed by atoms with E-state index >= 15 is 0 Å². The Hall–Kier alpha value is -4.56. The number of methoxy groups -OCH3 is 1. The molecule has 0 fully saturated rings. The number of ether oxygens (including phenoxy) is 2. The van der Waals surface area contributed by atoms with Crippen LogP contribution in [0.1, 0.15) is 40.6 Å². The predicted octanol–water partition coefficient (Wildman–Crippen LogP) is 5.64. The van der Waals surface area contributed by atoms with E-state index in [9.17, 15) is 9.90 Å². The molecule has 3 heterocycles. The summed E-state index contributed by atoms with van der Waals surface area (Å²) in [4.78, 5) is 21.9. The molecule has 0 spiro atoms. The first kappa shape index (κ1) is 25.7. The summed E-state index contributed by atoms with van der Waals surface area (Å²) < 4.78 is 17.5. The van der Waals surface area contributed by atoms with Crippen molar-refractivity contribution in [2.24, 2.45) is 0 Å². The molecule has 3 N–H and O–H groups in total. The number of para-hydroxylation sites is 1. The van der Waals surface area contributed by atoms with E-state index in [1.807, 2.05) is 61.7 Å². The molecule has 40 heavy (non-hydrogen) atoms. The van der Waals surface area contributed by atoms with E-state index in [1.165, 1.54) is 0 Å². The number of benzene rings is 2. The number of carbonyl (C=O) groups excluding carboxylic acids is 1. The van der Waals surface area contributed by atoms with Crippen molar-refractivity contribution in [1.82, 2.24) is 15.3 Å². The van der Waals surface area contributed by atoms with Gasteiger partial charge in [0.05, 0.1) is 37.4 Å². The number of amides is 1.